The molecule has 3 nitrogen and oxygen atoms in total. The van der Waals surface area contributed by atoms with Crippen molar-refractivity contribution in [2.24, 2.45) is 0 Å². The molecule has 0 aromatic heterocycles. The molecule has 3 heteroatoms. The number of rotatable bonds is 6. The molecule has 1 aliphatic carbocycles. The van der Waals surface area contributed by atoms with Crippen molar-refractivity contribution < 1.29 is 9.53 Å². The largest absolute Gasteiger partial charge is 0.385 e. The average Bonchev–Trinajstić information content (AvgIpc) is 2.53. The number of carbonyl (C=O) groups is 1. The van der Waals surface area contributed by atoms with Crippen molar-refractivity contribution in [3.05, 3.63) is 35.9 Å². The van der Waals surface area contributed by atoms with Crippen molar-refractivity contribution in [3.8, 4) is 0 Å². The monoisotopic (exact) mass is 275 g/mol. The molecule has 1 aromatic rings. The van der Waals surface area contributed by atoms with Gasteiger partial charge in [0.05, 0.1) is 5.41 Å². The molecule has 0 aliphatic heterocycles. The Morgan fingerprint density at radius 2 is 1.90 bits per heavy atom. The summed E-state index contributed by atoms with van der Waals surface area (Å²) in [5, 5.41) is 3.11. The lowest BCUT2D eigenvalue weighted by molar-refractivity contribution is -0.128. The Hall–Kier alpha value is -1.35. The van der Waals surface area contributed by atoms with E-state index < -0.39 is 0 Å². The minimum absolute atomic E-state index is 0.194. The van der Waals surface area contributed by atoms with Crippen LogP contribution in [0.1, 0.15) is 44.1 Å². The third-order valence-electron chi connectivity index (χ3n) is 4.28. The van der Waals surface area contributed by atoms with Crippen LogP contribution in [-0.4, -0.2) is 26.2 Å². The first-order valence-corrected chi connectivity index (χ1v) is 7.62. The predicted octanol–water partition coefficient (Wildman–Crippen LogP) is 3.04. The summed E-state index contributed by atoms with van der Waals surface area (Å²) in [7, 11) is 1.69. The molecule has 20 heavy (non-hydrogen) atoms. The summed E-state index contributed by atoms with van der Waals surface area (Å²) in [6.45, 7) is 1.39. The smallest absolute Gasteiger partial charge is 0.230 e. The van der Waals surface area contributed by atoms with Gasteiger partial charge in [0.1, 0.15) is 0 Å². The van der Waals surface area contributed by atoms with Gasteiger partial charge in [0.2, 0.25) is 5.91 Å². The highest BCUT2D eigenvalue weighted by atomic mass is 16.5. The molecule has 0 spiro atoms. The fourth-order valence-electron chi connectivity index (χ4n) is 3.15. The summed E-state index contributed by atoms with van der Waals surface area (Å²) < 4.78 is 5.03. The van der Waals surface area contributed by atoms with Gasteiger partial charge in [0, 0.05) is 20.3 Å². The van der Waals surface area contributed by atoms with E-state index in [9.17, 15) is 4.79 Å². The van der Waals surface area contributed by atoms with E-state index in [-0.39, 0.29) is 11.3 Å². The Morgan fingerprint density at radius 1 is 1.20 bits per heavy atom. The lowest BCUT2D eigenvalue weighted by Crippen LogP contribution is -2.46. The lowest BCUT2D eigenvalue weighted by atomic mass is 9.68. The van der Waals surface area contributed by atoms with Crippen molar-refractivity contribution in [2.75, 3.05) is 20.3 Å². The van der Waals surface area contributed by atoms with Crippen LogP contribution in [0.4, 0.5) is 0 Å². The third-order valence-corrected chi connectivity index (χ3v) is 4.28. The van der Waals surface area contributed by atoms with E-state index >= 15 is 0 Å². The van der Waals surface area contributed by atoms with E-state index in [4.69, 9.17) is 4.74 Å². The normalized spacial score (nSPS) is 17.6. The highest BCUT2D eigenvalue weighted by molar-refractivity contribution is 5.88. The zero-order valence-corrected chi connectivity index (χ0v) is 12.4. The van der Waals surface area contributed by atoms with Crippen LogP contribution in [0.3, 0.4) is 0 Å². The Kier molecular flexibility index (Phi) is 5.60. The average molecular weight is 275 g/mol. The summed E-state index contributed by atoms with van der Waals surface area (Å²) in [6, 6.07) is 10.3. The lowest BCUT2D eigenvalue weighted by Gasteiger charge is -2.36. The van der Waals surface area contributed by atoms with Crippen molar-refractivity contribution >= 4 is 5.91 Å². The first kappa shape index (κ1) is 15.0. The van der Waals surface area contributed by atoms with E-state index in [0.29, 0.717) is 13.2 Å². The molecule has 110 valence electrons. The van der Waals surface area contributed by atoms with Crippen LogP contribution >= 0.6 is 0 Å². The van der Waals surface area contributed by atoms with Gasteiger partial charge in [-0.1, -0.05) is 49.6 Å². The summed E-state index contributed by atoms with van der Waals surface area (Å²) in [4.78, 5) is 12.7. The van der Waals surface area contributed by atoms with Gasteiger partial charge in [-0.25, -0.2) is 0 Å². The van der Waals surface area contributed by atoms with E-state index in [2.05, 4.69) is 17.4 Å². The Morgan fingerprint density at radius 3 is 2.55 bits per heavy atom. The molecule has 1 aliphatic rings. The van der Waals surface area contributed by atoms with Crippen LogP contribution < -0.4 is 5.32 Å². The molecule has 1 saturated carbocycles. The van der Waals surface area contributed by atoms with E-state index in [1.165, 1.54) is 12.0 Å². The number of benzene rings is 1. The third kappa shape index (κ3) is 3.40. The minimum Gasteiger partial charge on any atom is -0.385 e. The van der Waals surface area contributed by atoms with Crippen LogP contribution in [0, 0.1) is 0 Å². The first-order chi connectivity index (χ1) is 9.79. The summed E-state index contributed by atoms with van der Waals surface area (Å²) in [5.41, 5.74) is 0.857. The SMILES string of the molecule is COCCCNC(=O)C1(c2ccccc2)CCCCC1. The van der Waals surface area contributed by atoms with E-state index in [1.54, 1.807) is 7.11 Å². The number of nitrogens with one attached hydrogen (secondary N) is 1. The molecular weight excluding hydrogens is 250 g/mol. The molecule has 0 atom stereocenters. The van der Waals surface area contributed by atoms with Crippen LogP contribution in [0.15, 0.2) is 30.3 Å². The Balaban J connectivity index is 2.09. The zero-order valence-electron chi connectivity index (χ0n) is 12.4. The highest BCUT2D eigenvalue weighted by Crippen LogP contribution is 2.39. The number of ether oxygens (including phenoxy) is 1. The molecule has 0 radical (unpaired) electrons. The number of hydrogen-bond donors (Lipinski definition) is 1. The molecule has 0 saturated heterocycles. The van der Waals surface area contributed by atoms with Crippen LogP contribution in [-0.2, 0) is 14.9 Å². The maximum atomic E-state index is 12.7. The zero-order chi connectivity index (χ0) is 14.3. The number of carbonyl (C=O) groups excluding carboxylic acids is 1. The fourth-order valence-corrected chi connectivity index (χ4v) is 3.15. The minimum atomic E-state index is -0.313. The molecule has 1 amide bonds. The number of hydrogen-bond acceptors (Lipinski definition) is 2. The van der Waals surface area contributed by atoms with Crippen molar-refractivity contribution in [1.82, 2.24) is 5.32 Å². The summed E-state index contributed by atoms with van der Waals surface area (Å²) >= 11 is 0. The molecule has 1 fully saturated rings. The number of methoxy groups -OCH3 is 1. The van der Waals surface area contributed by atoms with Crippen LogP contribution in [0.2, 0.25) is 0 Å². The van der Waals surface area contributed by atoms with Crippen molar-refractivity contribution in [3.63, 3.8) is 0 Å². The first-order valence-electron chi connectivity index (χ1n) is 7.62. The molecule has 0 bridgehead atoms. The van der Waals surface area contributed by atoms with Crippen molar-refractivity contribution in [2.45, 2.75) is 43.9 Å². The van der Waals surface area contributed by atoms with Gasteiger partial charge >= 0.3 is 0 Å². The highest BCUT2D eigenvalue weighted by Gasteiger charge is 2.40. The van der Waals surface area contributed by atoms with Crippen LogP contribution in [0.5, 0.6) is 0 Å². The Bertz CT molecular complexity index is 410. The van der Waals surface area contributed by atoms with Gasteiger partial charge < -0.3 is 10.1 Å². The van der Waals surface area contributed by atoms with E-state index in [1.807, 2.05) is 18.2 Å². The van der Waals surface area contributed by atoms with Gasteiger partial charge in [0.15, 0.2) is 0 Å². The van der Waals surface area contributed by atoms with Crippen LogP contribution in [0.25, 0.3) is 0 Å². The molecule has 0 heterocycles. The van der Waals surface area contributed by atoms with E-state index in [0.717, 1.165) is 32.1 Å². The standard InChI is InChI=1S/C17H25NO2/c1-20-14-8-13-18-16(19)17(11-6-3-7-12-17)15-9-4-2-5-10-15/h2,4-5,9-10H,3,6-8,11-14H2,1H3,(H,18,19). The topological polar surface area (TPSA) is 38.3 Å². The van der Waals surface area contributed by atoms with Gasteiger partial charge in [0.25, 0.3) is 0 Å². The second-order valence-electron chi connectivity index (χ2n) is 5.61. The second kappa shape index (κ2) is 7.44. The van der Waals surface area contributed by atoms with Gasteiger partial charge in [-0.05, 0) is 24.8 Å². The van der Waals surface area contributed by atoms with Crippen molar-refractivity contribution in [1.29, 1.82) is 0 Å². The summed E-state index contributed by atoms with van der Waals surface area (Å²) in [5.74, 6) is 0.194. The van der Waals surface area contributed by atoms with Gasteiger partial charge in [-0.2, -0.15) is 0 Å². The number of amides is 1. The molecule has 0 unspecified atom stereocenters. The maximum absolute atomic E-state index is 12.7. The fraction of sp³-hybridized carbons (Fsp3) is 0.588. The quantitative estimate of drug-likeness (QED) is 0.810. The molecule has 2 rings (SSSR count). The molecule has 1 N–H and O–H groups in total. The maximum Gasteiger partial charge on any atom is 0.230 e. The molecular formula is C17H25NO2. The Labute approximate surface area is 121 Å². The van der Waals surface area contributed by atoms with Gasteiger partial charge in [-0.3, -0.25) is 4.79 Å². The predicted molar refractivity (Wildman–Crippen MR) is 80.7 cm³/mol. The van der Waals surface area contributed by atoms with Gasteiger partial charge in [-0.15, -0.1) is 0 Å². The second-order valence-corrected chi connectivity index (χ2v) is 5.61. The molecule has 1 aromatic carbocycles. The summed E-state index contributed by atoms with van der Waals surface area (Å²) in [6.07, 6.45) is 6.32.